The van der Waals surface area contributed by atoms with Crippen LogP contribution in [0.4, 0.5) is 22.1 Å². The molecule has 2 atom stereocenters. The number of ketones is 1. The van der Waals surface area contributed by atoms with Gasteiger partial charge in [0.05, 0.1) is 23.5 Å². The van der Waals surface area contributed by atoms with E-state index in [0.717, 1.165) is 0 Å². The van der Waals surface area contributed by atoms with Gasteiger partial charge in [-0.2, -0.15) is 10.5 Å². The lowest BCUT2D eigenvalue weighted by Gasteiger charge is -2.23. The maximum Gasteiger partial charge on any atom is 0.413 e. The number of carbonyl (C=O) groups is 3. The lowest BCUT2D eigenvalue weighted by molar-refractivity contribution is -0.122. The topological polar surface area (TPSA) is 161 Å². The molecule has 2 aromatic heterocycles. The summed E-state index contributed by atoms with van der Waals surface area (Å²) >= 11 is 0. The first kappa shape index (κ1) is 31.6. The Morgan fingerprint density at radius 2 is 1.88 bits per heavy atom. The zero-order valence-corrected chi connectivity index (χ0v) is 25.4. The molecule has 14 heteroatoms. The van der Waals surface area contributed by atoms with Crippen LogP contribution in [0.3, 0.4) is 0 Å². The monoisotopic (exact) mass is 610 g/mol. The molecule has 0 fully saturated rings. The molecule has 43 heavy (non-hydrogen) atoms. The van der Waals surface area contributed by atoms with Crippen LogP contribution in [0.15, 0.2) is 54.7 Å². The lowest BCUT2D eigenvalue weighted by Crippen LogP contribution is -2.34. The number of fused-ring (bicyclic) bond motifs is 2. The molecule has 3 N–H and O–H groups in total. The molecule has 0 bridgehead atoms. The summed E-state index contributed by atoms with van der Waals surface area (Å²) in [6.45, 7) is 7.56. The van der Waals surface area contributed by atoms with E-state index in [1.54, 1.807) is 80.4 Å². The van der Waals surface area contributed by atoms with Crippen molar-refractivity contribution in [2.45, 2.75) is 46.6 Å². The summed E-state index contributed by atoms with van der Waals surface area (Å²) in [7, 11) is -3.75. The van der Waals surface area contributed by atoms with Gasteiger partial charge < -0.3 is 24.8 Å². The van der Waals surface area contributed by atoms with E-state index in [1.165, 1.54) is 0 Å². The number of para-hydroxylation sites is 1. The van der Waals surface area contributed by atoms with Crippen LogP contribution in [-0.2, 0) is 14.0 Å². The summed E-state index contributed by atoms with van der Waals surface area (Å²) in [4.78, 5) is 48.1. The van der Waals surface area contributed by atoms with Crippen LogP contribution in [-0.4, -0.2) is 53.0 Å². The van der Waals surface area contributed by atoms with E-state index in [2.05, 4.69) is 26.1 Å². The minimum absolute atomic E-state index is 0.0287. The maximum atomic E-state index is 13.5. The van der Waals surface area contributed by atoms with Gasteiger partial charge in [-0.3, -0.25) is 9.59 Å². The molecule has 228 valence electrons. The van der Waals surface area contributed by atoms with Crippen LogP contribution in [0.25, 0.3) is 0 Å². The summed E-state index contributed by atoms with van der Waals surface area (Å²) < 4.78 is 30.0. The van der Waals surface area contributed by atoms with Crippen molar-refractivity contribution in [2.75, 3.05) is 29.5 Å². The number of nitrogens with zero attached hydrogens (tertiary/aromatic N) is 3. The summed E-state index contributed by atoms with van der Waals surface area (Å²) in [6.07, 6.45) is 1.27. The summed E-state index contributed by atoms with van der Waals surface area (Å²) in [5, 5.41) is 5.49. The number of ether oxygens (including phenoxy) is 1. The second kappa shape index (κ2) is 14.2. The van der Waals surface area contributed by atoms with Crippen molar-refractivity contribution >= 4 is 42.7 Å². The number of hydrogen-bond acceptors (Lipinski definition) is 11. The molecule has 1 unspecified atom stereocenters. The van der Waals surface area contributed by atoms with Crippen molar-refractivity contribution in [3.05, 3.63) is 65.9 Å². The summed E-state index contributed by atoms with van der Waals surface area (Å²) in [6, 6.07) is 12.8. The molecule has 13 nitrogen and oxygen atoms in total. The van der Waals surface area contributed by atoms with E-state index in [4.69, 9.17) is 13.9 Å². The van der Waals surface area contributed by atoms with Gasteiger partial charge >= 0.3 is 13.7 Å². The number of nitrogens with one attached hydrogen (secondary N) is 3. The van der Waals surface area contributed by atoms with Gasteiger partial charge in [-0.15, -0.1) is 0 Å². The number of Topliss-reactive ketones (excluding diaryl/α,β-unsaturated/α-hetero) is 1. The molecule has 0 aliphatic carbocycles. The number of hydrogen-bond donors (Lipinski definition) is 3. The largest absolute Gasteiger partial charge is 0.423 e. The standard InChI is InChI=1S/C29H35N6O7P/c1-5-23(36)20(4)34-42-43(39,41-21-12-8-7-9-13-21)17-11-16-31-29(38)40-24-18-19(3)25-27(32-24)35(6-2)26-22(28(37)33-25)14-10-15-30-26/h7-10,12-15,18,20,34H,5-6,11,16-17H2,1-4H3,(H,31,38)(H,33,37)/t20-,43?/m1/s1. The highest BCUT2D eigenvalue weighted by atomic mass is 31.2. The predicted octanol–water partition coefficient (Wildman–Crippen LogP) is 5.15. The molecule has 1 aliphatic heterocycles. The number of anilines is 3. The second-order valence-corrected chi connectivity index (χ2v) is 11.7. The van der Waals surface area contributed by atoms with Gasteiger partial charge in [-0.05, 0) is 57.0 Å². The maximum absolute atomic E-state index is 13.5. The Labute approximate surface area is 249 Å². The Hall–Kier alpha value is -4.32. The van der Waals surface area contributed by atoms with Gasteiger partial charge in [0.2, 0.25) is 5.88 Å². The van der Waals surface area contributed by atoms with Gasteiger partial charge in [-0.1, -0.05) is 25.1 Å². The van der Waals surface area contributed by atoms with Crippen LogP contribution >= 0.6 is 7.60 Å². The zero-order valence-electron chi connectivity index (χ0n) is 24.5. The molecular formula is C29H35N6O7P. The van der Waals surface area contributed by atoms with E-state index in [-0.39, 0.29) is 36.7 Å². The zero-order chi connectivity index (χ0) is 31.0. The minimum atomic E-state index is -3.75. The molecule has 3 heterocycles. The van der Waals surface area contributed by atoms with Crippen molar-refractivity contribution in [3.63, 3.8) is 0 Å². The van der Waals surface area contributed by atoms with Gasteiger partial charge in [0.1, 0.15) is 11.6 Å². The Balaban J connectivity index is 1.39. The van der Waals surface area contributed by atoms with Crippen LogP contribution in [0.1, 0.15) is 49.5 Å². The van der Waals surface area contributed by atoms with Gasteiger partial charge in [0.15, 0.2) is 11.6 Å². The number of hydroxylamine groups is 1. The van der Waals surface area contributed by atoms with E-state index in [0.29, 0.717) is 47.2 Å². The fourth-order valence-corrected chi connectivity index (χ4v) is 5.80. The third-order valence-electron chi connectivity index (χ3n) is 6.53. The molecule has 0 saturated heterocycles. The lowest BCUT2D eigenvalue weighted by atomic mass is 10.2. The minimum Gasteiger partial charge on any atom is -0.423 e. The van der Waals surface area contributed by atoms with Crippen LogP contribution < -0.4 is 30.3 Å². The van der Waals surface area contributed by atoms with E-state index < -0.39 is 19.7 Å². The third-order valence-corrected chi connectivity index (χ3v) is 8.27. The summed E-state index contributed by atoms with van der Waals surface area (Å²) in [5.74, 6) is 0.797. The number of aromatic nitrogens is 2. The fourth-order valence-electron chi connectivity index (χ4n) is 4.28. The number of rotatable bonds is 13. The number of carbonyl (C=O) groups excluding carboxylic acids is 3. The first-order chi connectivity index (χ1) is 20.6. The average molecular weight is 611 g/mol. The van der Waals surface area contributed by atoms with E-state index in [1.807, 2.05) is 6.92 Å². The molecule has 1 aliphatic rings. The molecule has 0 spiro atoms. The Bertz CT molecular complexity index is 1520. The number of benzene rings is 1. The quantitative estimate of drug-likeness (QED) is 0.133. The normalized spacial score (nSPS) is 14.3. The first-order valence-corrected chi connectivity index (χ1v) is 15.7. The van der Waals surface area contributed by atoms with Crippen LogP contribution in [0, 0.1) is 6.92 Å². The fraction of sp³-hybridized carbons (Fsp3) is 0.345. The van der Waals surface area contributed by atoms with Crippen LogP contribution in [0.2, 0.25) is 0 Å². The van der Waals surface area contributed by atoms with E-state index in [9.17, 15) is 18.9 Å². The van der Waals surface area contributed by atoms with Crippen molar-refractivity contribution in [1.82, 2.24) is 20.8 Å². The number of amides is 2. The Morgan fingerprint density at radius 3 is 2.60 bits per heavy atom. The Morgan fingerprint density at radius 1 is 1.12 bits per heavy atom. The van der Waals surface area contributed by atoms with Crippen molar-refractivity contribution in [3.8, 4) is 11.6 Å². The van der Waals surface area contributed by atoms with Gasteiger partial charge in [-0.25, -0.2) is 19.0 Å². The Kier molecular flexibility index (Phi) is 10.5. The molecule has 2 amide bonds. The average Bonchev–Trinajstić information content (AvgIpc) is 3.12. The molecule has 3 aromatic rings. The highest BCUT2D eigenvalue weighted by Gasteiger charge is 2.30. The van der Waals surface area contributed by atoms with Gasteiger partial charge in [0, 0.05) is 31.8 Å². The number of pyridine rings is 2. The molecular weight excluding hydrogens is 575 g/mol. The second-order valence-electron chi connectivity index (χ2n) is 9.71. The van der Waals surface area contributed by atoms with Crippen molar-refractivity contribution in [2.24, 2.45) is 0 Å². The predicted molar refractivity (Wildman–Crippen MR) is 161 cm³/mol. The molecule has 4 rings (SSSR count). The van der Waals surface area contributed by atoms with Crippen molar-refractivity contribution < 1.29 is 32.8 Å². The smallest absolute Gasteiger partial charge is 0.413 e. The first-order valence-electron chi connectivity index (χ1n) is 14.0. The molecule has 0 radical (unpaired) electrons. The van der Waals surface area contributed by atoms with Gasteiger partial charge in [0.25, 0.3) is 5.91 Å². The summed E-state index contributed by atoms with van der Waals surface area (Å²) in [5.41, 5.74) is 4.08. The van der Waals surface area contributed by atoms with E-state index >= 15 is 0 Å². The SMILES string of the molecule is CCC(=O)[C@@H](C)NOP(=O)(CCCNC(=O)Oc1cc(C)c2c(n1)N(CC)c1ncccc1C(=O)N2)Oc1ccccc1. The molecule has 0 saturated carbocycles. The highest BCUT2D eigenvalue weighted by Crippen LogP contribution is 2.48. The van der Waals surface area contributed by atoms with Crippen molar-refractivity contribution in [1.29, 1.82) is 0 Å². The highest BCUT2D eigenvalue weighted by molar-refractivity contribution is 7.54. The number of aryl methyl sites for hydroxylation is 1. The van der Waals surface area contributed by atoms with Crippen LogP contribution in [0.5, 0.6) is 11.6 Å². The third kappa shape index (κ3) is 7.95. The molecule has 1 aromatic carbocycles.